The van der Waals surface area contributed by atoms with Crippen LogP contribution in [0.3, 0.4) is 0 Å². The van der Waals surface area contributed by atoms with Crippen molar-refractivity contribution in [2.24, 2.45) is 0 Å². The Labute approximate surface area is 148 Å². The highest BCUT2D eigenvalue weighted by molar-refractivity contribution is 7.17. The van der Waals surface area contributed by atoms with Crippen LogP contribution in [-0.4, -0.2) is 33.1 Å². The number of amides is 1. The topological polar surface area (TPSA) is 49.0 Å². The second-order valence-corrected chi connectivity index (χ2v) is 7.96. The molecule has 128 valence electrons. The van der Waals surface area contributed by atoms with Gasteiger partial charge in [0.25, 0.3) is 5.91 Å². The number of hydrogen-bond donors (Lipinski definition) is 1. The lowest BCUT2D eigenvalue weighted by atomic mass is 9.91. The van der Waals surface area contributed by atoms with E-state index in [0.29, 0.717) is 0 Å². The lowest BCUT2D eigenvalue weighted by Gasteiger charge is -2.34. The Kier molecular flexibility index (Phi) is 3.41. The molecule has 2 aliphatic carbocycles. The zero-order valence-corrected chi connectivity index (χ0v) is 14.5. The summed E-state index contributed by atoms with van der Waals surface area (Å²) in [4.78, 5) is 15.3. The van der Waals surface area contributed by atoms with Crippen molar-refractivity contribution in [1.29, 1.82) is 0 Å². The number of halogens is 1. The van der Waals surface area contributed by atoms with Crippen LogP contribution in [0.25, 0.3) is 10.1 Å². The van der Waals surface area contributed by atoms with Crippen molar-refractivity contribution in [3.05, 3.63) is 52.4 Å². The van der Waals surface area contributed by atoms with Crippen LogP contribution in [-0.2, 0) is 12.8 Å². The molecule has 4 nitrogen and oxygen atoms in total. The van der Waals surface area contributed by atoms with E-state index in [4.69, 9.17) is 0 Å². The molecular formula is C19H18FN3OS. The molecule has 0 aliphatic heterocycles. The van der Waals surface area contributed by atoms with Gasteiger partial charge in [0.15, 0.2) is 5.13 Å². The van der Waals surface area contributed by atoms with Crippen LogP contribution < -0.4 is 0 Å². The van der Waals surface area contributed by atoms with Crippen molar-refractivity contribution in [3.8, 4) is 0 Å². The number of H-pyrrole nitrogens is 1. The molecule has 2 aliphatic rings. The van der Waals surface area contributed by atoms with E-state index in [2.05, 4.69) is 10.2 Å². The molecule has 0 saturated heterocycles. The first-order valence-electron chi connectivity index (χ1n) is 8.73. The molecule has 1 amide bonds. The van der Waals surface area contributed by atoms with Crippen LogP contribution in [0.5, 0.6) is 0 Å². The van der Waals surface area contributed by atoms with Crippen LogP contribution in [0.2, 0.25) is 0 Å². The first-order chi connectivity index (χ1) is 12.2. The average molecular weight is 355 g/mol. The molecule has 2 heterocycles. The monoisotopic (exact) mass is 355 g/mol. The highest BCUT2D eigenvalue weighted by Crippen LogP contribution is 2.37. The van der Waals surface area contributed by atoms with Crippen LogP contribution >= 0.6 is 11.3 Å². The summed E-state index contributed by atoms with van der Waals surface area (Å²) in [5, 5.41) is 7.53. The van der Waals surface area contributed by atoms with Gasteiger partial charge in [0.05, 0.1) is 11.8 Å². The first-order valence-corrected chi connectivity index (χ1v) is 9.55. The number of benzene rings is 1. The Morgan fingerprint density at radius 2 is 2.08 bits per heavy atom. The van der Waals surface area contributed by atoms with E-state index in [1.165, 1.54) is 11.3 Å². The Morgan fingerprint density at radius 3 is 2.92 bits per heavy atom. The van der Waals surface area contributed by atoms with Gasteiger partial charge in [-0.3, -0.25) is 9.89 Å². The van der Waals surface area contributed by atoms with Gasteiger partial charge in [-0.2, -0.15) is 9.49 Å². The fourth-order valence-electron chi connectivity index (χ4n) is 3.96. The van der Waals surface area contributed by atoms with Crippen molar-refractivity contribution in [1.82, 2.24) is 15.1 Å². The molecule has 1 unspecified atom stereocenters. The molecule has 3 aromatic rings. The van der Waals surface area contributed by atoms with Crippen molar-refractivity contribution < 1.29 is 9.18 Å². The van der Waals surface area contributed by atoms with Crippen molar-refractivity contribution in [2.75, 3.05) is 0 Å². The maximum Gasteiger partial charge on any atom is 0.258 e. The summed E-state index contributed by atoms with van der Waals surface area (Å²) in [6, 6.07) is 7.85. The van der Waals surface area contributed by atoms with Crippen molar-refractivity contribution in [3.63, 3.8) is 0 Å². The summed E-state index contributed by atoms with van der Waals surface area (Å²) in [7, 11) is 0. The fraction of sp³-hybridized carbons (Fsp3) is 0.368. The number of nitrogens with one attached hydrogen (secondary N) is 1. The molecule has 2 aromatic heterocycles. The van der Waals surface area contributed by atoms with E-state index < -0.39 is 0 Å². The van der Waals surface area contributed by atoms with Gasteiger partial charge in [-0.25, -0.2) is 0 Å². The number of fused-ring (bicyclic) bond motifs is 2. The molecule has 0 radical (unpaired) electrons. The molecule has 5 rings (SSSR count). The van der Waals surface area contributed by atoms with Gasteiger partial charge in [-0.1, -0.05) is 18.2 Å². The van der Waals surface area contributed by atoms with Crippen LogP contribution in [0.1, 0.15) is 40.9 Å². The van der Waals surface area contributed by atoms with Gasteiger partial charge < -0.3 is 4.90 Å². The summed E-state index contributed by atoms with van der Waals surface area (Å²) >= 11 is 1.06. The number of nitrogens with zero attached hydrogens (tertiary/aromatic N) is 2. The van der Waals surface area contributed by atoms with E-state index in [-0.39, 0.29) is 28.7 Å². The molecule has 1 N–H and O–H groups in total. The molecule has 6 heteroatoms. The smallest absolute Gasteiger partial charge is 0.258 e. The first kappa shape index (κ1) is 15.1. The minimum atomic E-state index is -0.364. The molecule has 1 aromatic carbocycles. The molecule has 1 fully saturated rings. The summed E-state index contributed by atoms with van der Waals surface area (Å²) in [5.41, 5.74) is 2.61. The van der Waals surface area contributed by atoms with E-state index in [9.17, 15) is 9.18 Å². The number of aromatic nitrogens is 2. The van der Waals surface area contributed by atoms with Gasteiger partial charge in [0.1, 0.15) is 0 Å². The lowest BCUT2D eigenvalue weighted by molar-refractivity contribution is 0.0641. The zero-order valence-electron chi connectivity index (χ0n) is 13.7. The highest BCUT2D eigenvalue weighted by Gasteiger charge is 2.40. The number of aryl methyl sites for hydroxylation is 1. The van der Waals surface area contributed by atoms with Crippen LogP contribution in [0.15, 0.2) is 30.5 Å². The van der Waals surface area contributed by atoms with Gasteiger partial charge in [0, 0.05) is 27.9 Å². The fourth-order valence-corrected chi connectivity index (χ4v) is 4.88. The van der Waals surface area contributed by atoms with Crippen LogP contribution in [0.4, 0.5) is 4.39 Å². The highest BCUT2D eigenvalue weighted by atomic mass is 32.1. The van der Waals surface area contributed by atoms with E-state index >= 15 is 0 Å². The minimum Gasteiger partial charge on any atom is -0.332 e. The lowest BCUT2D eigenvalue weighted by Crippen LogP contribution is -2.45. The molecule has 0 spiro atoms. The van der Waals surface area contributed by atoms with E-state index in [1.54, 1.807) is 0 Å². The summed E-state index contributed by atoms with van der Waals surface area (Å²) in [5.74, 6) is -0.144. The van der Waals surface area contributed by atoms with Gasteiger partial charge in [0.2, 0.25) is 0 Å². The Bertz CT molecular complexity index is 959. The van der Waals surface area contributed by atoms with Crippen molar-refractivity contribution in [2.45, 2.75) is 44.2 Å². The SMILES string of the molecule is O=C(c1c(F)sc2ccccc12)N(C1CC1)C1CCc2[nH]ncc2C1. The Hall–Kier alpha value is -2.21. The van der Waals surface area contributed by atoms with Gasteiger partial charge in [-0.15, -0.1) is 11.3 Å². The third-order valence-electron chi connectivity index (χ3n) is 5.33. The maximum atomic E-state index is 14.6. The number of aromatic amines is 1. The standard InChI is InChI=1S/C19H18FN3OS/c20-18-17(14-3-1-2-4-16(14)25-18)19(24)23(12-5-6-12)13-7-8-15-11(9-13)10-21-22-15/h1-4,10,12-13H,5-9H2,(H,21,22). The number of carbonyl (C=O) groups excluding carboxylic acids is 1. The molecule has 25 heavy (non-hydrogen) atoms. The van der Waals surface area contributed by atoms with E-state index in [0.717, 1.165) is 53.5 Å². The third-order valence-corrected chi connectivity index (χ3v) is 6.28. The average Bonchev–Trinajstić information content (AvgIpc) is 3.22. The molecule has 1 atom stereocenters. The molecule has 0 bridgehead atoms. The normalized spacial score (nSPS) is 19.8. The summed E-state index contributed by atoms with van der Waals surface area (Å²) < 4.78 is 15.4. The second-order valence-electron chi connectivity index (χ2n) is 6.96. The minimum absolute atomic E-state index is 0.128. The van der Waals surface area contributed by atoms with E-state index in [1.807, 2.05) is 35.4 Å². The summed E-state index contributed by atoms with van der Waals surface area (Å²) in [6.07, 6.45) is 6.49. The van der Waals surface area contributed by atoms with Gasteiger partial charge >= 0.3 is 0 Å². The predicted molar refractivity (Wildman–Crippen MR) is 95.4 cm³/mol. The zero-order chi connectivity index (χ0) is 17.0. The predicted octanol–water partition coefficient (Wildman–Crippen LogP) is 3.93. The van der Waals surface area contributed by atoms with Crippen LogP contribution in [0, 0.1) is 5.13 Å². The molecule has 1 saturated carbocycles. The molecular weight excluding hydrogens is 337 g/mol. The third kappa shape index (κ3) is 2.47. The number of rotatable bonds is 3. The Balaban J connectivity index is 1.52. The Morgan fingerprint density at radius 1 is 1.24 bits per heavy atom. The van der Waals surface area contributed by atoms with Crippen molar-refractivity contribution >= 4 is 27.3 Å². The maximum absolute atomic E-state index is 14.6. The number of carbonyl (C=O) groups is 1. The number of hydrogen-bond acceptors (Lipinski definition) is 3. The quantitative estimate of drug-likeness (QED) is 0.774. The number of thiophene rings is 1. The summed E-state index contributed by atoms with van der Waals surface area (Å²) in [6.45, 7) is 0. The second kappa shape index (κ2) is 5.66. The largest absolute Gasteiger partial charge is 0.332 e. The van der Waals surface area contributed by atoms with Gasteiger partial charge in [-0.05, 0) is 43.7 Å².